The minimum Gasteiger partial charge on any atom is -0.494 e. The van der Waals surface area contributed by atoms with Crippen molar-refractivity contribution in [1.29, 1.82) is 0 Å². The highest BCUT2D eigenvalue weighted by Crippen LogP contribution is 2.24. The Bertz CT molecular complexity index is 1410. The van der Waals surface area contributed by atoms with Gasteiger partial charge in [-0.15, -0.1) is 0 Å². The van der Waals surface area contributed by atoms with Crippen LogP contribution < -0.4 is 26.0 Å². The zero-order valence-corrected chi connectivity index (χ0v) is 25.3. The standard InChI is InChI=1S/C31H39FN6O5/c1-31(2,3)43-30(41)37-25-11-8-7-10-24(25)35-28(39)26-15-13-20(19-33-26)23(12-9-17-38(4)5)36-29(40)34-21-14-16-27(42-6)22(32)18-21/h7-8,10-11,13-16,18-19,23H,9,12,17H2,1-6H3,(H,35,39)(H,37,41)(H2,34,36,40). The first-order chi connectivity index (χ1) is 20.3. The van der Waals surface area contributed by atoms with E-state index in [1.807, 2.05) is 19.0 Å². The van der Waals surface area contributed by atoms with Crippen molar-refractivity contribution in [3.63, 3.8) is 0 Å². The molecule has 1 aromatic heterocycles. The van der Waals surface area contributed by atoms with E-state index in [-0.39, 0.29) is 17.1 Å². The van der Waals surface area contributed by atoms with E-state index >= 15 is 0 Å². The summed E-state index contributed by atoms with van der Waals surface area (Å²) in [5.74, 6) is -1.00. The van der Waals surface area contributed by atoms with E-state index in [1.54, 1.807) is 63.2 Å². The number of ether oxygens (including phenoxy) is 2. The number of pyridine rings is 1. The second kappa shape index (κ2) is 15.0. The third-order valence-corrected chi connectivity index (χ3v) is 6.05. The summed E-state index contributed by atoms with van der Waals surface area (Å²) in [6.45, 7) is 6.07. The number of carbonyl (C=O) groups excluding carboxylic acids is 3. The Balaban J connectivity index is 1.71. The van der Waals surface area contributed by atoms with Gasteiger partial charge >= 0.3 is 12.1 Å². The van der Waals surface area contributed by atoms with Crippen molar-refractivity contribution < 1.29 is 28.2 Å². The van der Waals surface area contributed by atoms with E-state index in [9.17, 15) is 18.8 Å². The summed E-state index contributed by atoms with van der Waals surface area (Å²) >= 11 is 0. The fourth-order valence-corrected chi connectivity index (χ4v) is 4.05. The molecule has 0 aliphatic carbocycles. The quantitative estimate of drug-likeness (QED) is 0.213. The Hall–Kier alpha value is -4.71. The summed E-state index contributed by atoms with van der Waals surface area (Å²) in [7, 11) is 5.29. The van der Waals surface area contributed by atoms with Gasteiger partial charge in [-0.3, -0.25) is 15.1 Å². The predicted octanol–water partition coefficient (Wildman–Crippen LogP) is 6.03. The average molecular weight is 595 g/mol. The lowest BCUT2D eigenvalue weighted by molar-refractivity contribution is 0.0635. The van der Waals surface area contributed by atoms with Crippen molar-refractivity contribution in [3.05, 3.63) is 77.9 Å². The van der Waals surface area contributed by atoms with Crippen LogP contribution in [0.25, 0.3) is 0 Å². The maximum absolute atomic E-state index is 14.1. The van der Waals surface area contributed by atoms with Crippen LogP contribution in [0.4, 0.5) is 31.0 Å². The number of aromatic nitrogens is 1. The molecule has 1 heterocycles. The zero-order chi connectivity index (χ0) is 31.6. The lowest BCUT2D eigenvalue weighted by Crippen LogP contribution is -2.33. The Morgan fingerprint density at radius 1 is 0.977 bits per heavy atom. The monoisotopic (exact) mass is 594 g/mol. The fourth-order valence-electron chi connectivity index (χ4n) is 4.05. The normalized spacial score (nSPS) is 11.8. The molecule has 230 valence electrons. The van der Waals surface area contributed by atoms with E-state index < -0.39 is 35.5 Å². The van der Waals surface area contributed by atoms with Gasteiger partial charge in [-0.05, 0) is 90.1 Å². The van der Waals surface area contributed by atoms with Crippen molar-refractivity contribution in [2.24, 2.45) is 0 Å². The largest absolute Gasteiger partial charge is 0.494 e. The summed E-state index contributed by atoms with van der Waals surface area (Å²) in [6.07, 6.45) is 2.26. The molecule has 0 radical (unpaired) electrons. The fraction of sp³-hybridized carbons (Fsp3) is 0.355. The summed E-state index contributed by atoms with van der Waals surface area (Å²) in [4.78, 5) is 44.5. The van der Waals surface area contributed by atoms with Crippen molar-refractivity contribution in [3.8, 4) is 5.75 Å². The van der Waals surface area contributed by atoms with Gasteiger partial charge in [0.2, 0.25) is 0 Å². The summed E-state index contributed by atoms with van der Waals surface area (Å²) in [6, 6.07) is 13.2. The molecular weight excluding hydrogens is 555 g/mol. The molecule has 3 rings (SSSR count). The molecule has 11 nitrogen and oxygen atoms in total. The number of hydrogen-bond donors (Lipinski definition) is 4. The van der Waals surface area contributed by atoms with E-state index in [2.05, 4.69) is 26.3 Å². The van der Waals surface area contributed by atoms with E-state index in [0.29, 0.717) is 23.4 Å². The number of nitrogens with zero attached hydrogens (tertiary/aromatic N) is 2. The number of carbonyl (C=O) groups is 3. The van der Waals surface area contributed by atoms with Crippen LogP contribution in [0.2, 0.25) is 0 Å². The van der Waals surface area contributed by atoms with Gasteiger partial charge in [-0.25, -0.2) is 14.0 Å². The molecule has 4 amide bonds. The van der Waals surface area contributed by atoms with Gasteiger partial charge in [0.1, 0.15) is 11.3 Å². The van der Waals surface area contributed by atoms with Crippen LogP contribution in [0.3, 0.4) is 0 Å². The number of methoxy groups -OCH3 is 1. The Morgan fingerprint density at radius 3 is 2.26 bits per heavy atom. The van der Waals surface area contributed by atoms with Gasteiger partial charge < -0.3 is 30.3 Å². The molecule has 3 aromatic rings. The Morgan fingerprint density at radius 2 is 1.67 bits per heavy atom. The van der Waals surface area contributed by atoms with Gasteiger partial charge in [0, 0.05) is 18.0 Å². The minimum atomic E-state index is -0.679. The number of urea groups is 1. The molecule has 4 N–H and O–H groups in total. The first kappa shape index (κ1) is 32.8. The summed E-state index contributed by atoms with van der Waals surface area (Å²) < 4.78 is 24.3. The molecule has 0 spiro atoms. The highest BCUT2D eigenvalue weighted by molar-refractivity contribution is 6.05. The SMILES string of the molecule is COc1ccc(NC(=O)NC(CCCN(C)C)c2ccc(C(=O)Nc3ccccc3NC(=O)OC(C)(C)C)nc2)cc1F. The van der Waals surface area contributed by atoms with Crippen molar-refractivity contribution in [2.45, 2.75) is 45.3 Å². The van der Waals surface area contributed by atoms with Crippen molar-refractivity contribution >= 4 is 35.1 Å². The smallest absolute Gasteiger partial charge is 0.412 e. The van der Waals surface area contributed by atoms with Gasteiger partial charge in [-0.2, -0.15) is 0 Å². The molecule has 2 aromatic carbocycles. The van der Waals surface area contributed by atoms with Crippen LogP contribution in [0.15, 0.2) is 60.8 Å². The van der Waals surface area contributed by atoms with E-state index in [4.69, 9.17) is 9.47 Å². The Kier molecular flexibility index (Phi) is 11.4. The number of anilines is 3. The molecule has 0 aliphatic heterocycles. The average Bonchev–Trinajstić information content (AvgIpc) is 2.92. The van der Waals surface area contributed by atoms with Crippen molar-refractivity contribution in [2.75, 3.05) is 43.7 Å². The molecule has 0 fully saturated rings. The lowest BCUT2D eigenvalue weighted by Gasteiger charge is -2.21. The number of nitrogens with one attached hydrogen (secondary N) is 4. The van der Waals surface area contributed by atoms with Gasteiger partial charge in [0.15, 0.2) is 11.6 Å². The van der Waals surface area contributed by atoms with Crippen LogP contribution in [-0.4, -0.2) is 61.3 Å². The molecular formula is C31H39FN6O5. The first-order valence-corrected chi connectivity index (χ1v) is 13.8. The minimum absolute atomic E-state index is 0.0745. The van der Waals surface area contributed by atoms with Crippen LogP contribution in [0.1, 0.15) is 55.7 Å². The lowest BCUT2D eigenvalue weighted by atomic mass is 10.0. The highest BCUT2D eigenvalue weighted by Gasteiger charge is 2.20. The topological polar surface area (TPSA) is 134 Å². The maximum Gasteiger partial charge on any atom is 0.412 e. The molecule has 0 saturated heterocycles. The third-order valence-electron chi connectivity index (χ3n) is 6.05. The molecule has 1 unspecified atom stereocenters. The molecule has 0 saturated carbocycles. The van der Waals surface area contributed by atoms with Crippen LogP contribution in [-0.2, 0) is 4.74 Å². The molecule has 0 aliphatic rings. The molecule has 43 heavy (non-hydrogen) atoms. The maximum atomic E-state index is 14.1. The molecule has 12 heteroatoms. The number of hydrogen-bond acceptors (Lipinski definition) is 7. The van der Waals surface area contributed by atoms with Crippen LogP contribution >= 0.6 is 0 Å². The first-order valence-electron chi connectivity index (χ1n) is 13.8. The number of halogens is 1. The van der Waals surface area contributed by atoms with E-state index in [1.165, 1.54) is 25.4 Å². The number of para-hydroxylation sites is 2. The Labute approximate surface area is 251 Å². The summed E-state index contributed by atoms with van der Waals surface area (Å²) in [5, 5.41) is 11.0. The van der Waals surface area contributed by atoms with Gasteiger partial charge in [-0.1, -0.05) is 18.2 Å². The molecule has 1 atom stereocenters. The predicted molar refractivity (Wildman–Crippen MR) is 164 cm³/mol. The number of rotatable bonds is 11. The molecule has 0 bridgehead atoms. The number of benzene rings is 2. The summed E-state index contributed by atoms with van der Waals surface area (Å²) in [5.41, 5.74) is 1.17. The van der Waals surface area contributed by atoms with Gasteiger partial charge in [0.05, 0.1) is 24.5 Å². The number of amides is 4. The highest BCUT2D eigenvalue weighted by atomic mass is 19.1. The van der Waals surface area contributed by atoms with Crippen molar-refractivity contribution in [1.82, 2.24) is 15.2 Å². The third kappa shape index (κ3) is 10.6. The van der Waals surface area contributed by atoms with Crippen LogP contribution in [0, 0.1) is 5.82 Å². The van der Waals surface area contributed by atoms with Gasteiger partial charge in [0.25, 0.3) is 5.91 Å². The van der Waals surface area contributed by atoms with E-state index in [0.717, 1.165) is 13.0 Å². The second-order valence-corrected chi connectivity index (χ2v) is 11.0. The zero-order valence-electron chi connectivity index (χ0n) is 25.3. The van der Waals surface area contributed by atoms with Crippen LogP contribution in [0.5, 0.6) is 5.75 Å². The second-order valence-electron chi connectivity index (χ2n) is 11.0.